The van der Waals surface area contributed by atoms with Crippen molar-refractivity contribution in [3.63, 3.8) is 0 Å². The average Bonchev–Trinajstić information content (AvgIpc) is 3.26. The third kappa shape index (κ3) is 5.01. The SMILES string of the molecule is O=C(O)CCCCCCNC(=O)C1CC1c1c(F)cccc1F. The van der Waals surface area contributed by atoms with Crippen LogP contribution in [-0.2, 0) is 9.59 Å². The molecule has 1 aromatic rings. The highest BCUT2D eigenvalue weighted by Gasteiger charge is 2.46. The molecule has 2 rings (SSSR count). The van der Waals surface area contributed by atoms with Crippen LogP contribution in [0.4, 0.5) is 8.78 Å². The van der Waals surface area contributed by atoms with Crippen molar-refractivity contribution in [1.82, 2.24) is 5.32 Å². The summed E-state index contributed by atoms with van der Waals surface area (Å²) in [5, 5.41) is 11.3. The van der Waals surface area contributed by atoms with E-state index in [1.54, 1.807) is 0 Å². The zero-order valence-corrected chi connectivity index (χ0v) is 12.9. The van der Waals surface area contributed by atoms with Crippen molar-refractivity contribution in [2.45, 2.75) is 44.4 Å². The molecule has 6 heteroatoms. The Kier molecular flexibility index (Phi) is 6.07. The number of carbonyl (C=O) groups excluding carboxylic acids is 1. The molecule has 0 saturated heterocycles. The van der Waals surface area contributed by atoms with Crippen LogP contribution in [0.2, 0.25) is 0 Å². The molecule has 0 aliphatic heterocycles. The summed E-state index contributed by atoms with van der Waals surface area (Å²) in [7, 11) is 0. The summed E-state index contributed by atoms with van der Waals surface area (Å²) in [5.74, 6) is -2.87. The van der Waals surface area contributed by atoms with Gasteiger partial charge in [0.1, 0.15) is 11.6 Å². The number of carbonyl (C=O) groups is 2. The largest absolute Gasteiger partial charge is 0.481 e. The minimum Gasteiger partial charge on any atom is -0.481 e. The molecule has 2 unspecified atom stereocenters. The van der Waals surface area contributed by atoms with Crippen molar-refractivity contribution in [3.8, 4) is 0 Å². The minimum atomic E-state index is -0.793. The molecule has 0 spiro atoms. The molecule has 0 bridgehead atoms. The lowest BCUT2D eigenvalue weighted by Gasteiger charge is -2.06. The monoisotopic (exact) mass is 325 g/mol. The highest BCUT2D eigenvalue weighted by atomic mass is 19.1. The fourth-order valence-corrected chi connectivity index (χ4v) is 2.77. The third-order valence-corrected chi connectivity index (χ3v) is 4.11. The van der Waals surface area contributed by atoms with Gasteiger partial charge in [-0.2, -0.15) is 0 Å². The van der Waals surface area contributed by atoms with Crippen LogP contribution in [0.5, 0.6) is 0 Å². The van der Waals surface area contributed by atoms with E-state index >= 15 is 0 Å². The van der Waals surface area contributed by atoms with Crippen molar-refractivity contribution in [1.29, 1.82) is 0 Å². The number of aliphatic carboxylic acids is 1. The summed E-state index contributed by atoms with van der Waals surface area (Å²) >= 11 is 0. The summed E-state index contributed by atoms with van der Waals surface area (Å²) in [6.45, 7) is 0.509. The molecule has 126 valence electrons. The molecule has 1 saturated carbocycles. The van der Waals surface area contributed by atoms with Gasteiger partial charge in [0.15, 0.2) is 0 Å². The van der Waals surface area contributed by atoms with Gasteiger partial charge >= 0.3 is 5.97 Å². The molecule has 2 N–H and O–H groups in total. The first-order valence-electron chi connectivity index (χ1n) is 7.94. The third-order valence-electron chi connectivity index (χ3n) is 4.11. The van der Waals surface area contributed by atoms with Gasteiger partial charge in [-0.05, 0) is 31.4 Å². The standard InChI is InChI=1S/C17H21F2NO3/c18-13-6-5-7-14(19)16(13)11-10-12(11)17(23)20-9-4-2-1-3-8-15(21)22/h5-7,11-12H,1-4,8-10H2,(H,20,23)(H,21,22). The van der Waals surface area contributed by atoms with Gasteiger partial charge in [0.25, 0.3) is 0 Å². The molecule has 1 aromatic carbocycles. The predicted molar refractivity (Wildman–Crippen MR) is 80.9 cm³/mol. The van der Waals surface area contributed by atoms with Crippen LogP contribution in [0.3, 0.4) is 0 Å². The number of carboxylic acid groups (broad SMARTS) is 1. The van der Waals surface area contributed by atoms with E-state index in [1.165, 1.54) is 18.2 Å². The van der Waals surface area contributed by atoms with E-state index in [9.17, 15) is 18.4 Å². The minimum absolute atomic E-state index is 0.0151. The second-order valence-corrected chi connectivity index (χ2v) is 5.93. The number of rotatable bonds is 9. The van der Waals surface area contributed by atoms with E-state index in [4.69, 9.17) is 5.11 Å². The second-order valence-electron chi connectivity index (χ2n) is 5.93. The van der Waals surface area contributed by atoms with Gasteiger partial charge in [-0.1, -0.05) is 18.9 Å². The maximum atomic E-state index is 13.6. The van der Waals surface area contributed by atoms with Gasteiger partial charge in [0.05, 0.1) is 0 Å². The van der Waals surface area contributed by atoms with Gasteiger partial charge < -0.3 is 10.4 Å². The molecule has 0 aromatic heterocycles. The molecular weight excluding hydrogens is 304 g/mol. The van der Waals surface area contributed by atoms with Crippen LogP contribution >= 0.6 is 0 Å². The first kappa shape index (κ1) is 17.4. The number of hydrogen-bond donors (Lipinski definition) is 2. The first-order valence-corrected chi connectivity index (χ1v) is 7.94. The van der Waals surface area contributed by atoms with Crippen LogP contribution in [0, 0.1) is 17.6 Å². The van der Waals surface area contributed by atoms with E-state index in [0.717, 1.165) is 19.3 Å². The molecule has 1 aliphatic rings. The normalized spacial score (nSPS) is 19.4. The number of nitrogens with one attached hydrogen (secondary N) is 1. The molecule has 4 nitrogen and oxygen atoms in total. The molecule has 1 amide bonds. The lowest BCUT2D eigenvalue weighted by Crippen LogP contribution is -2.26. The Bertz CT molecular complexity index is 557. The average molecular weight is 325 g/mol. The number of amides is 1. The van der Waals surface area contributed by atoms with Crippen LogP contribution < -0.4 is 5.32 Å². The topological polar surface area (TPSA) is 66.4 Å². The smallest absolute Gasteiger partial charge is 0.303 e. The molecule has 2 atom stereocenters. The molecule has 1 fully saturated rings. The Morgan fingerprint density at radius 3 is 2.43 bits per heavy atom. The number of unbranched alkanes of at least 4 members (excludes halogenated alkanes) is 3. The quantitative estimate of drug-likeness (QED) is 0.685. The van der Waals surface area contributed by atoms with Gasteiger partial charge in [0.2, 0.25) is 5.91 Å². The van der Waals surface area contributed by atoms with Crippen LogP contribution in [0.25, 0.3) is 0 Å². The summed E-state index contributed by atoms with van der Waals surface area (Å²) < 4.78 is 27.3. The fourth-order valence-electron chi connectivity index (χ4n) is 2.77. The van der Waals surface area contributed by atoms with Crippen LogP contribution in [0.1, 0.15) is 50.0 Å². The fraction of sp³-hybridized carbons (Fsp3) is 0.529. The first-order chi connectivity index (χ1) is 11.0. The molecule has 23 heavy (non-hydrogen) atoms. The Morgan fingerprint density at radius 1 is 1.13 bits per heavy atom. The molecule has 0 heterocycles. The summed E-state index contributed by atoms with van der Waals surface area (Å²) in [4.78, 5) is 22.3. The Morgan fingerprint density at radius 2 is 1.78 bits per heavy atom. The zero-order chi connectivity index (χ0) is 16.8. The van der Waals surface area contributed by atoms with Crippen LogP contribution in [0.15, 0.2) is 18.2 Å². The Balaban J connectivity index is 1.66. The zero-order valence-electron chi connectivity index (χ0n) is 12.9. The number of halogens is 2. The molecular formula is C17H21F2NO3. The Hall–Kier alpha value is -1.98. The van der Waals surface area contributed by atoms with Gasteiger partial charge in [-0.15, -0.1) is 0 Å². The number of carboxylic acids is 1. The maximum absolute atomic E-state index is 13.6. The lowest BCUT2D eigenvalue weighted by molar-refractivity contribution is -0.137. The maximum Gasteiger partial charge on any atom is 0.303 e. The Labute approximate surface area is 133 Å². The molecule has 1 aliphatic carbocycles. The van der Waals surface area contributed by atoms with Crippen molar-refractivity contribution >= 4 is 11.9 Å². The van der Waals surface area contributed by atoms with E-state index in [1.807, 2.05) is 0 Å². The van der Waals surface area contributed by atoms with E-state index in [2.05, 4.69) is 5.32 Å². The van der Waals surface area contributed by atoms with E-state index in [0.29, 0.717) is 19.4 Å². The summed E-state index contributed by atoms with van der Waals surface area (Å²) in [6, 6.07) is 3.74. The van der Waals surface area contributed by atoms with Crippen molar-refractivity contribution in [3.05, 3.63) is 35.4 Å². The molecule has 0 radical (unpaired) electrons. The lowest BCUT2D eigenvalue weighted by atomic mass is 10.1. The van der Waals surface area contributed by atoms with Crippen molar-refractivity contribution in [2.75, 3.05) is 6.54 Å². The van der Waals surface area contributed by atoms with Crippen LogP contribution in [-0.4, -0.2) is 23.5 Å². The van der Waals surface area contributed by atoms with Gasteiger partial charge in [0, 0.05) is 30.4 Å². The summed E-state index contributed by atoms with van der Waals surface area (Å²) in [5.41, 5.74) is 0.0151. The van der Waals surface area contributed by atoms with Crippen molar-refractivity contribution in [2.24, 2.45) is 5.92 Å². The number of hydrogen-bond acceptors (Lipinski definition) is 2. The second kappa shape index (κ2) is 8.04. The highest BCUT2D eigenvalue weighted by Crippen LogP contribution is 2.49. The van der Waals surface area contributed by atoms with E-state index in [-0.39, 0.29) is 29.7 Å². The predicted octanol–water partition coefficient (Wildman–Crippen LogP) is 3.22. The summed E-state index contributed by atoms with van der Waals surface area (Å²) in [6.07, 6.45) is 3.72. The van der Waals surface area contributed by atoms with E-state index < -0.39 is 17.6 Å². The van der Waals surface area contributed by atoms with Gasteiger partial charge in [-0.3, -0.25) is 9.59 Å². The van der Waals surface area contributed by atoms with Gasteiger partial charge in [-0.25, -0.2) is 8.78 Å². The number of benzene rings is 1. The van der Waals surface area contributed by atoms with Crippen molar-refractivity contribution < 1.29 is 23.5 Å². The highest BCUT2D eigenvalue weighted by molar-refractivity contribution is 5.82.